The third kappa shape index (κ3) is 3.10. The van der Waals surface area contributed by atoms with Gasteiger partial charge in [0.2, 0.25) is 0 Å². The summed E-state index contributed by atoms with van der Waals surface area (Å²) < 4.78 is 10.5. The highest BCUT2D eigenvalue weighted by Crippen LogP contribution is 2.29. The summed E-state index contributed by atoms with van der Waals surface area (Å²) >= 11 is 0. The fourth-order valence-corrected chi connectivity index (χ4v) is 2.07. The van der Waals surface area contributed by atoms with E-state index in [0.29, 0.717) is 10.9 Å². The highest BCUT2D eigenvalue weighted by molar-refractivity contribution is 6.07. The minimum atomic E-state index is -0.998. The van der Waals surface area contributed by atoms with Gasteiger partial charge in [0.05, 0.1) is 13.0 Å². The van der Waals surface area contributed by atoms with Crippen molar-refractivity contribution in [1.29, 1.82) is 0 Å². The normalized spacial score (nSPS) is 10.6. The number of ether oxygens (including phenoxy) is 1. The molecule has 0 spiro atoms. The Morgan fingerprint density at radius 3 is 2.67 bits per heavy atom. The molecule has 1 aromatic heterocycles. The number of ketones is 1. The van der Waals surface area contributed by atoms with Crippen molar-refractivity contribution in [2.24, 2.45) is 0 Å². The van der Waals surface area contributed by atoms with E-state index in [1.807, 2.05) is 0 Å². The number of carboxylic acids is 1. The molecule has 0 aliphatic rings. The molecule has 110 valence electrons. The number of hydrogen-bond donors (Lipinski definition) is 1. The van der Waals surface area contributed by atoms with Crippen LogP contribution < -0.4 is 10.4 Å². The maximum Gasteiger partial charge on any atom is 0.336 e. The van der Waals surface area contributed by atoms with Crippen molar-refractivity contribution < 1.29 is 23.8 Å². The van der Waals surface area contributed by atoms with Crippen LogP contribution in [-0.2, 0) is 4.79 Å². The van der Waals surface area contributed by atoms with E-state index in [1.54, 1.807) is 19.1 Å². The summed E-state index contributed by atoms with van der Waals surface area (Å²) in [4.78, 5) is 33.8. The molecule has 2 aromatic rings. The van der Waals surface area contributed by atoms with Gasteiger partial charge in [-0.05, 0) is 31.5 Å². The van der Waals surface area contributed by atoms with Gasteiger partial charge in [-0.3, -0.25) is 9.59 Å². The molecule has 1 aromatic carbocycles. The lowest BCUT2D eigenvalue weighted by Gasteiger charge is -2.11. The second-order valence-corrected chi connectivity index (χ2v) is 4.61. The summed E-state index contributed by atoms with van der Waals surface area (Å²) in [6.07, 6.45) is -0.187. The van der Waals surface area contributed by atoms with Crippen LogP contribution in [0.15, 0.2) is 27.4 Å². The Kier molecular flexibility index (Phi) is 4.07. The minimum absolute atomic E-state index is 0.0723. The van der Waals surface area contributed by atoms with Crippen molar-refractivity contribution in [3.8, 4) is 5.75 Å². The van der Waals surface area contributed by atoms with Crippen molar-refractivity contribution in [3.05, 3.63) is 39.7 Å². The van der Waals surface area contributed by atoms with Gasteiger partial charge in [0, 0.05) is 11.5 Å². The Morgan fingerprint density at radius 1 is 1.33 bits per heavy atom. The lowest BCUT2D eigenvalue weighted by molar-refractivity contribution is -0.137. The van der Waals surface area contributed by atoms with Gasteiger partial charge in [0.25, 0.3) is 0 Å². The SMILES string of the molecule is CC(=O)c1c(OCCC(=O)O)ccc2c(C)cc(=O)oc12. The van der Waals surface area contributed by atoms with Gasteiger partial charge in [-0.1, -0.05) is 0 Å². The quantitative estimate of drug-likeness (QED) is 0.670. The zero-order valence-electron chi connectivity index (χ0n) is 11.6. The summed E-state index contributed by atoms with van der Waals surface area (Å²) in [7, 11) is 0. The summed E-state index contributed by atoms with van der Waals surface area (Å²) in [6, 6.07) is 4.60. The average Bonchev–Trinajstić information content (AvgIpc) is 2.36. The summed E-state index contributed by atoms with van der Waals surface area (Å²) in [5, 5.41) is 9.25. The van der Waals surface area contributed by atoms with Gasteiger partial charge in [-0.2, -0.15) is 0 Å². The number of hydrogen-bond acceptors (Lipinski definition) is 5. The number of fused-ring (bicyclic) bond motifs is 1. The lowest BCUT2D eigenvalue weighted by atomic mass is 10.0. The third-order valence-corrected chi connectivity index (χ3v) is 3.01. The molecule has 0 aliphatic heterocycles. The Hall–Kier alpha value is -2.63. The number of carboxylic acid groups (broad SMARTS) is 1. The molecule has 0 unspecified atom stereocenters. The molecule has 6 heteroatoms. The number of carbonyl (C=O) groups excluding carboxylic acids is 1. The van der Waals surface area contributed by atoms with Crippen molar-refractivity contribution >= 4 is 22.7 Å². The van der Waals surface area contributed by atoms with E-state index in [0.717, 1.165) is 0 Å². The van der Waals surface area contributed by atoms with Gasteiger partial charge in [-0.15, -0.1) is 0 Å². The Balaban J connectivity index is 2.56. The van der Waals surface area contributed by atoms with Crippen LogP contribution in [0.3, 0.4) is 0 Å². The van der Waals surface area contributed by atoms with Crippen LogP contribution in [0.4, 0.5) is 0 Å². The molecule has 1 N–H and O–H groups in total. The van der Waals surface area contributed by atoms with E-state index in [-0.39, 0.29) is 35.7 Å². The van der Waals surface area contributed by atoms with Gasteiger partial charge < -0.3 is 14.3 Å². The van der Waals surface area contributed by atoms with Gasteiger partial charge >= 0.3 is 11.6 Å². The summed E-state index contributed by atoms with van der Waals surface area (Å²) in [6.45, 7) is 3.01. The van der Waals surface area contributed by atoms with E-state index in [9.17, 15) is 14.4 Å². The second-order valence-electron chi connectivity index (χ2n) is 4.61. The lowest BCUT2D eigenvalue weighted by Crippen LogP contribution is -2.09. The van der Waals surface area contributed by atoms with Crippen LogP contribution >= 0.6 is 0 Å². The Labute approximate surface area is 119 Å². The van der Waals surface area contributed by atoms with E-state index >= 15 is 0 Å². The average molecular weight is 290 g/mol. The van der Waals surface area contributed by atoms with Crippen LogP contribution in [0.1, 0.15) is 29.3 Å². The van der Waals surface area contributed by atoms with Crippen molar-refractivity contribution in [3.63, 3.8) is 0 Å². The van der Waals surface area contributed by atoms with E-state index in [1.165, 1.54) is 13.0 Å². The molecule has 0 saturated heterocycles. The molecular formula is C15H14O6. The fraction of sp³-hybridized carbons (Fsp3) is 0.267. The number of aliphatic carboxylic acids is 1. The molecule has 21 heavy (non-hydrogen) atoms. The van der Waals surface area contributed by atoms with Crippen molar-refractivity contribution in [1.82, 2.24) is 0 Å². The molecule has 0 atom stereocenters. The first kappa shape index (κ1) is 14.8. The van der Waals surface area contributed by atoms with E-state index in [2.05, 4.69) is 0 Å². The summed E-state index contributed by atoms with van der Waals surface area (Å²) in [5.41, 5.74) is 0.463. The minimum Gasteiger partial charge on any atom is -0.492 e. The standard InChI is InChI=1S/C15H14O6/c1-8-7-13(19)21-15-10(8)3-4-11(14(15)9(2)16)20-6-5-12(17)18/h3-4,7H,5-6H2,1-2H3,(H,17,18). The molecule has 6 nitrogen and oxygen atoms in total. The number of aryl methyl sites for hydroxylation is 1. The van der Waals surface area contributed by atoms with Crippen LogP contribution in [0, 0.1) is 6.92 Å². The predicted molar refractivity (Wildman–Crippen MR) is 75.0 cm³/mol. The Bertz CT molecular complexity index is 772. The third-order valence-electron chi connectivity index (χ3n) is 3.01. The van der Waals surface area contributed by atoms with Crippen LogP contribution in [0.25, 0.3) is 11.0 Å². The molecule has 0 amide bonds. The molecule has 0 fully saturated rings. The molecule has 1 heterocycles. The van der Waals surface area contributed by atoms with Gasteiger partial charge in [-0.25, -0.2) is 4.79 Å². The van der Waals surface area contributed by atoms with Crippen molar-refractivity contribution in [2.45, 2.75) is 20.3 Å². The zero-order chi connectivity index (χ0) is 15.6. The molecule has 0 bridgehead atoms. The number of benzene rings is 1. The first-order valence-corrected chi connectivity index (χ1v) is 6.33. The van der Waals surface area contributed by atoms with E-state index in [4.69, 9.17) is 14.3 Å². The van der Waals surface area contributed by atoms with Crippen LogP contribution in [0.2, 0.25) is 0 Å². The Morgan fingerprint density at radius 2 is 2.05 bits per heavy atom. The molecule has 0 aliphatic carbocycles. The van der Waals surface area contributed by atoms with Crippen LogP contribution in [0.5, 0.6) is 5.75 Å². The summed E-state index contributed by atoms with van der Waals surface area (Å²) in [5.74, 6) is -1.10. The molecule has 0 saturated carbocycles. The zero-order valence-corrected chi connectivity index (χ0v) is 11.6. The van der Waals surface area contributed by atoms with Crippen molar-refractivity contribution in [2.75, 3.05) is 6.61 Å². The largest absolute Gasteiger partial charge is 0.492 e. The maximum absolute atomic E-state index is 11.8. The van der Waals surface area contributed by atoms with Crippen LogP contribution in [-0.4, -0.2) is 23.5 Å². The topological polar surface area (TPSA) is 93.8 Å². The number of Topliss-reactive ketones (excluding diaryl/α,β-unsaturated/α-hetero) is 1. The fourth-order valence-electron chi connectivity index (χ4n) is 2.07. The first-order valence-electron chi connectivity index (χ1n) is 6.33. The predicted octanol–water partition coefficient (Wildman–Crippen LogP) is 2.16. The first-order chi connectivity index (χ1) is 9.90. The molecular weight excluding hydrogens is 276 g/mol. The monoisotopic (exact) mass is 290 g/mol. The smallest absolute Gasteiger partial charge is 0.336 e. The highest BCUT2D eigenvalue weighted by atomic mass is 16.5. The van der Waals surface area contributed by atoms with E-state index < -0.39 is 11.6 Å². The number of rotatable bonds is 5. The highest BCUT2D eigenvalue weighted by Gasteiger charge is 2.17. The second kappa shape index (κ2) is 5.78. The maximum atomic E-state index is 11.8. The van der Waals surface area contributed by atoms with Gasteiger partial charge in [0.15, 0.2) is 11.4 Å². The molecule has 0 radical (unpaired) electrons. The number of carbonyl (C=O) groups is 2. The molecule has 2 rings (SSSR count). The van der Waals surface area contributed by atoms with Gasteiger partial charge in [0.1, 0.15) is 11.3 Å².